The maximum atomic E-state index is 9.29. The Balaban J connectivity index is 1.73. The fourth-order valence-corrected chi connectivity index (χ4v) is 3.16. The molecule has 0 radical (unpaired) electrons. The lowest BCUT2D eigenvalue weighted by Gasteiger charge is -2.27. The largest absolute Gasteiger partial charge is 0.492 e. The van der Waals surface area contributed by atoms with E-state index in [9.17, 15) is 5.11 Å². The van der Waals surface area contributed by atoms with E-state index in [-0.39, 0.29) is 12.0 Å². The number of ether oxygens (including phenoxy) is 2. The van der Waals surface area contributed by atoms with Gasteiger partial charge in [-0.3, -0.25) is 4.99 Å². The summed E-state index contributed by atoms with van der Waals surface area (Å²) >= 11 is 0. The van der Waals surface area contributed by atoms with Gasteiger partial charge in [0.05, 0.1) is 13.2 Å². The highest BCUT2D eigenvalue weighted by Gasteiger charge is 2.34. The van der Waals surface area contributed by atoms with E-state index in [4.69, 9.17) is 9.47 Å². The molecule has 0 saturated carbocycles. The highest BCUT2D eigenvalue weighted by Crippen LogP contribution is 2.31. The number of nitrogens with zero attached hydrogens (tertiary/aromatic N) is 1. The van der Waals surface area contributed by atoms with E-state index in [1.54, 1.807) is 7.05 Å². The standard InChI is InChI=1S/C19H31N3O3/c1-15-10-16(2)12-17(11-15)25-9-6-21-18(20-3)22-13-19(4-7-23)5-8-24-14-19/h10-12,23H,4-9,13-14H2,1-3H3,(H2,20,21,22). The van der Waals surface area contributed by atoms with E-state index < -0.39 is 0 Å². The first-order valence-electron chi connectivity index (χ1n) is 8.91. The molecule has 1 atom stereocenters. The summed E-state index contributed by atoms with van der Waals surface area (Å²) < 4.78 is 11.3. The summed E-state index contributed by atoms with van der Waals surface area (Å²) in [6, 6.07) is 6.21. The molecular formula is C19H31N3O3. The van der Waals surface area contributed by atoms with Gasteiger partial charge in [0, 0.05) is 32.2 Å². The van der Waals surface area contributed by atoms with Gasteiger partial charge in [-0.2, -0.15) is 0 Å². The normalized spacial score (nSPS) is 20.6. The molecule has 0 spiro atoms. The summed E-state index contributed by atoms with van der Waals surface area (Å²) in [5.74, 6) is 1.64. The molecule has 1 aliphatic heterocycles. The first-order chi connectivity index (χ1) is 12.1. The van der Waals surface area contributed by atoms with Crippen molar-refractivity contribution < 1.29 is 14.6 Å². The second kappa shape index (κ2) is 9.63. The van der Waals surface area contributed by atoms with Crippen LogP contribution in [0.15, 0.2) is 23.2 Å². The highest BCUT2D eigenvalue weighted by atomic mass is 16.5. The molecule has 1 aliphatic rings. The van der Waals surface area contributed by atoms with Crippen molar-refractivity contribution in [3.8, 4) is 5.75 Å². The van der Waals surface area contributed by atoms with Crippen LogP contribution in [0.1, 0.15) is 24.0 Å². The van der Waals surface area contributed by atoms with Crippen molar-refractivity contribution in [2.45, 2.75) is 26.7 Å². The van der Waals surface area contributed by atoms with Crippen LogP contribution in [-0.4, -0.2) is 57.6 Å². The molecule has 1 unspecified atom stereocenters. The van der Waals surface area contributed by atoms with Crippen LogP contribution < -0.4 is 15.4 Å². The Kier molecular flexibility index (Phi) is 7.52. The Morgan fingerprint density at radius 2 is 2.04 bits per heavy atom. The molecule has 1 aromatic carbocycles. The first-order valence-corrected chi connectivity index (χ1v) is 8.91. The Labute approximate surface area is 150 Å². The number of aliphatic hydroxyl groups is 1. The fourth-order valence-electron chi connectivity index (χ4n) is 3.16. The molecule has 1 fully saturated rings. The van der Waals surface area contributed by atoms with Gasteiger partial charge in [-0.05, 0) is 49.9 Å². The number of aliphatic hydroxyl groups excluding tert-OH is 1. The van der Waals surface area contributed by atoms with Crippen LogP contribution in [-0.2, 0) is 4.74 Å². The summed E-state index contributed by atoms with van der Waals surface area (Å²) in [7, 11) is 1.75. The number of guanidine groups is 1. The molecule has 0 aromatic heterocycles. The average Bonchev–Trinajstić information content (AvgIpc) is 3.02. The van der Waals surface area contributed by atoms with Gasteiger partial charge in [0.1, 0.15) is 12.4 Å². The summed E-state index contributed by atoms with van der Waals surface area (Å²) in [6.07, 6.45) is 1.71. The lowest BCUT2D eigenvalue weighted by atomic mass is 9.84. The minimum absolute atomic E-state index is 0.00195. The number of hydrogen-bond donors (Lipinski definition) is 3. The van der Waals surface area contributed by atoms with Crippen LogP contribution in [0.25, 0.3) is 0 Å². The Morgan fingerprint density at radius 3 is 2.64 bits per heavy atom. The van der Waals surface area contributed by atoms with Gasteiger partial charge in [-0.1, -0.05) is 6.07 Å². The second-order valence-electron chi connectivity index (χ2n) is 6.80. The summed E-state index contributed by atoms with van der Waals surface area (Å²) in [5, 5.41) is 15.9. The van der Waals surface area contributed by atoms with Crippen molar-refractivity contribution in [1.82, 2.24) is 10.6 Å². The van der Waals surface area contributed by atoms with Crippen LogP contribution >= 0.6 is 0 Å². The van der Waals surface area contributed by atoms with E-state index >= 15 is 0 Å². The lowest BCUT2D eigenvalue weighted by Crippen LogP contribution is -2.45. The van der Waals surface area contributed by atoms with Crippen LogP contribution in [0.4, 0.5) is 0 Å². The predicted molar refractivity (Wildman–Crippen MR) is 100 cm³/mol. The zero-order chi connectivity index (χ0) is 18.1. The van der Waals surface area contributed by atoms with Gasteiger partial charge in [0.15, 0.2) is 5.96 Å². The van der Waals surface area contributed by atoms with Crippen molar-refractivity contribution in [2.24, 2.45) is 10.4 Å². The molecule has 1 saturated heterocycles. The predicted octanol–water partition coefficient (Wildman–Crippen LogP) is 1.64. The van der Waals surface area contributed by atoms with Crippen molar-refractivity contribution in [3.05, 3.63) is 29.3 Å². The summed E-state index contributed by atoms with van der Waals surface area (Å²) in [4.78, 5) is 4.25. The van der Waals surface area contributed by atoms with E-state index in [1.165, 1.54) is 11.1 Å². The number of benzene rings is 1. The SMILES string of the molecule is CN=C(NCCOc1cc(C)cc(C)c1)NCC1(CCO)CCOC1. The molecule has 2 rings (SSSR count). The quantitative estimate of drug-likeness (QED) is 0.378. The van der Waals surface area contributed by atoms with E-state index in [2.05, 4.69) is 35.5 Å². The number of hydrogen-bond acceptors (Lipinski definition) is 4. The van der Waals surface area contributed by atoms with Crippen LogP contribution in [0.2, 0.25) is 0 Å². The van der Waals surface area contributed by atoms with Gasteiger partial charge in [-0.25, -0.2) is 0 Å². The second-order valence-corrected chi connectivity index (χ2v) is 6.80. The van der Waals surface area contributed by atoms with E-state index in [1.807, 2.05) is 12.1 Å². The minimum atomic E-state index is 0.00195. The smallest absolute Gasteiger partial charge is 0.191 e. The molecule has 0 bridgehead atoms. The third-order valence-electron chi connectivity index (χ3n) is 4.54. The van der Waals surface area contributed by atoms with Crippen LogP contribution in [0.5, 0.6) is 5.75 Å². The molecule has 0 aliphatic carbocycles. The molecule has 140 valence electrons. The number of nitrogens with one attached hydrogen (secondary N) is 2. The lowest BCUT2D eigenvalue weighted by molar-refractivity contribution is 0.127. The van der Waals surface area contributed by atoms with Gasteiger partial charge in [0.2, 0.25) is 0 Å². The maximum absolute atomic E-state index is 9.29. The molecule has 0 amide bonds. The monoisotopic (exact) mass is 349 g/mol. The van der Waals surface area contributed by atoms with Crippen molar-refractivity contribution in [1.29, 1.82) is 0 Å². The highest BCUT2D eigenvalue weighted by molar-refractivity contribution is 5.79. The van der Waals surface area contributed by atoms with E-state index in [0.717, 1.165) is 37.7 Å². The first kappa shape index (κ1) is 19.5. The minimum Gasteiger partial charge on any atom is -0.492 e. The van der Waals surface area contributed by atoms with Gasteiger partial charge < -0.3 is 25.2 Å². The van der Waals surface area contributed by atoms with Crippen molar-refractivity contribution in [3.63, 3.8) is 0 Å². The van der Waals surface area contributed by atoms with Crippen LogP contribution in [0, 0.1) is 19.3 Å². The topological polar surface area (TPSA) is 75.1 Å². The average molecular weight is 349 g/mol. The van der Waals surface area contributed by atoms with Crippen LogP contribution in [0.3, 0.4) is 0 Å². The maximum Gasteiger partial charge on any atom is 0.191 e. The molecule has 1 aromatic rings. The fraction of sp³-hybridized carbons (Fsp3) is 0.632. The van der Waals surface area contributed by atoms with Gasteiger partial charge >= 0.3 is 0 Å². The van der Waals surface area contributed by atoms with Crippen molar-refractivity contribution >= 4 is 5.96 Å². The zero-order valence-electron chi connectivity index (χ0n) is 15.6. The Bertz CT molecular complexity index is 549. The summed E-state index contributed by atoms with van der Waals surface area (Å²) in [5.41, 5.74) is 2.41. The Hall–Kier alpha value is -1.79. The number of aryl methyl sites for hydroxylation is 2. The third-order valence-corrected chi connectivity index (χ3v) is 4.54. The summed E-state index contributed by atoms with van der Waals surface area (Å²) in [6.45, 7) is 7.74. The number of rotatable bonds is 8. The zero-order valence-corrected chi connectivity index (χ0v) is 15.6. The molecule has 6 nitrogen and oxygen atoms in total. The van der Waals surface area contributed by atoms with Gasteiger partial charge in [0.25, 0.3) is 0 Å². The molecule has 6 heteroatoms. The van der Waals surface area contributed by atoms with Gasteiger partial charge in [-0.15, -0.1) is 0 Å². The Morgan fingerprint density at radius 1 is 1.28 bits per heavy atom. The van der Waals surface area contributed by atoms with E-state index in [0.29, 0.717) is 19.8 Å². The van der Waals surface area contributed by atoms with Crippen molar-refractivity contribution in [2.75, 3.05) is 46.6 Å². The molecular weight excluding hydrogens is 318 g/mol. The number of aliphatic imine (C=N–C) groups is 1. The molecule has 25 heavy (non-hydrogen) atoms. The molecule has 3 N–H and O–H groups in total. The molecule has 1 heterocycles. The third kappa shape index (κ3) is 6.21.